The Morgan fingerprint density at radius 1 is 1.00 bits per heavy atom. The third-order valence-electron chi connectivity index (χ3n) is 4.65. The van der Waals surface area contributed by atoms with Crippen molar-refractivity contribution in [3.05, 3.63) is 58.6 Å². The molecule has 31 heavy (non-hydrogen) atoms. The summed E-state index contributed by atoms with van der Waals surface area (Å²) in [5.41, 5.74) is 3.99. The van der Waals surface area contributed by atoms with E-state index in [-0.39, 0.29) is 0 Å². The van der Waals surface area contributed by atoms with Gasteiger partial charge in [-0.3, -0.25) is 0 Å². The van der Waals surface area contributed by atoms with Gasteiger partial charge in [-0.2, -0.15) is 4.37 Å². The van der Waals surface area contributed by atoms with Crippen LogP contribution in [-0.4, -0.2) is 47.0 Å². The van der Waals surface area contributed by atoms with Gasteiger partial charge in [0, 0.05) is 35.2 Å². The molecule has 168 valence electrons. The van der Waals surface area contributed by atoms with Crippen LogP contribution in [0.15, 0.2) is 47.4 Å². The zero-order valence-electron chi connectivity index (χ0n) is 19.0. The van der Waals surface area contributed by atoms with E-state index in [1.54, 1.807) is 55.7 Å². The molecule has 1 aromatic carbocycles. The average Bonchev–Trinajstić information content (AvgIpc) is 3.28. The average molecular weight is 448 g/mol. The van der Waals surface area contributed by atoms with Crippen LogP contribution in [0.25, 0.3) is 16.8 Å². The molecular formula is C23H29NO6S. The van der Waals surface area contributed by atoms with Gasteiger partial charge < -0.3 is 28.4 Å². The zero-order valence-corrected chi connectivity index (χ0v) is 19.8. The van der Waals surface area contributed by atoms with Gasteiger partial charge in [-0.25, -0.2) is 0 Å². The summed E-state index contributed by atoms with van der Waals surface area (Å²) < 4.78 is 37.3. The number of hydrogen-bond acceptors (Lipinski definition) is 8. The number of rotatable bonds is 11. The monoisotopic (exact) mass is 447 g/mol. The third-order valence-corrected chi connectivity index (χ3v) is 5.28. The standard InChI is InChI=1S/C23H29NO6S/c1-14(9-21(29-7)23(30-8)15(2)26-4)18-13-31-24-22(18)17-10-16(12-25-3)19(27-5)11-20(17)28-6/h9-11,13H,1,12H2,2-8H3/b21-9+,23-15-. The summed E-state index contributed by atoms with van der Waals surface area (Å²) in [6.07, 6.45) is 1.79. The van der Waals surface area contributed by atoms with E-state index in [9.17, 15) is 0 Å². The van der Waals surface area contributed by atoms with E-state index in [2.05, 4.69) is 11.0 Å². The van der Waals surface area contributed by atoms with Gasteiger partial charge in [0.2, 0.25) is 0 Å². The van der Waals surface area contributed by atoms with Gasteiger partial charge in [-0.15, -0.1) is 0 Å². The fourth-order valence-corrected chi connectivity index (χ4v) is 3.76. The van der Waals surface area contributed by atoms with Crippen molar-refractivity contribution in [1.82, 2.24) is 4.37 Å². The Hall–Kier alpha value is -2.97. The molecule has 0 saturated carbocycles. The number of ether oxygens (including phenoxy) is 6. The van der Waals surface area contributed by atoms with Gasteiger partial charge in [0.25, 0.3) is 0 Å². The minimum Gasteiger partial charge on any atom is -0.497 e. The number of hydrogen-bond donors (Lipinski definition) is 0. The first kappa shape index (κ1) is 24.3. The van der Waals surface area contributed by atoms with Crippen molar-refractivity contribution in [3.63, 3.8) is 0 Å². The largest absolute Gasteiger partial charge is 0.497 e. The molecule has 8 heteroatoms. The van der Waals surface area contributed by atoms with Crippen LogP contribution in [0.5, 0.6) is 11.5 Å². The van der Waals surface area contributed by atoms with Gasteiger partial charge in [0.1, 0.15) is 17.3 Å². The summed E-state index contributed by atoms with van der Waals surface area (Å²) in [6.45, 7) is 6.41. The second-order valence-electron chi connectivity index (χ2n) is 6.41. The fraction of sp³-hybridized carbons (Fsp3) is 0.348. The number of aromatic nitrogens is 1. The van der Waals surface area contributed by atoms with E-state index >= 15 is 0 Å². The van der Waals surface area contributed by atoms with E-state index in [1.165, 1.54) is 11.5 Å². The predicted molar refractivity (Wildman–Crippen MR) is 122 cm³/mol. The van der Waals surface area contributed by atoms with Gasteiger partial charge in [-0.1, -0.05) is 6.58 Å². The smallest absolute Gasteiger partial charge is 0.198 e. The summed E-state index contributed by atoms with van der Waals surface area (Å²) in [4.78, 5) is 0. The van der Waals surface area contributed by atoms with Crippen molar-refractivity contribution in [2.45, 2.75) is 13.5 Å². The molecule has 0 unspecified atom stereocenters. The van der Waals surface area contributed by atoms with Crippen LogP contribution < -0.4 is 9.47 Å². The Labute approximate surface area is 187 Å². The Balaban J connectivity index is 2.58. The van der Waals surface area contributed by atoms with Crippen molar-refractivity contribution >= 4 is 17.1 Å². The highest BCUT2D eigenvalue weighted by atomic mass is 32.1. The number of nitrogens with zero attached hydrogens (tertiary/aromatic N) is 1. The van der Waals surface area contributed by atoms with E-state index in [4.69, 9.17) is 28.4 Å². The lowest BCUT2D eigenvalue weighted by molar-refractivity contribution is 0.181. The molecule has 1 aromatic heterocycles. The van der Waals surface area contributed by atoms with Crippen molar-refractivity contribution in [2.75, 3.05) is 42.7 Å². The van der Waals surface area contributed by atoms with Crippen LogP contribution in [0.4, 0.5) is 0 Å². The summed E-state index contributed by atoms with van der Waals surface area (Å²) in [5, 5.41) is 1.93. The molecule has 0 atom stereocenters. The normalized spacial score (nSPS) is 12.2. The maximum absolute atomic E-state index is 5.61. The highest BCUT2D eigenvalue weighted by Crippen LogP contribution is 2.40. The molecule has 0 N–H and O–H groups in total. The molecule has 0 aliphatic rings. The summed E-state index contributed by atoms with van der Waals surface area (Å²) in [7, 11) is 9.57. The van der Waals surface area contributed by atoms with Crippen LogP contribution in [-0.2, 0) is 25.6 Å². The van der Waals surface area contributed by atoms with Crippen molar-refractivity contribution in [1.29, 1.82) is 0 Å². The molecule has 0 saturated heterocycles. The van der Waals surface area contributed by atoms with Crippen molar-refractivity contribution in [3.8, 4) is 22.8 Å². The summed E-state index contributed by atoms with van der Waals surface area (Å²) in [5.74, 6) is 2.89. The second kappa shape index (κ2) is 11.4. The maximum atomic E-state index is 5.61. The van der Waals surface area contributed by atoms with Crippen molar-refractivity contribution in [2.24, 2.45) is 0 Å². The maximum Gasteiger partial charge on any atom is 0.198 e. The van der Waals surface area contributed by atoms with Gasteiger partial charge >= 0.3 is 0 Å². The topological polar surface area (TPSA) is 68.3 Å². The molecular weight excluding hydrogens is 418 g/mol. The Kier molecular flexibility index (Phi) is 8.96. The minimum absolute atomic E-state index is 0.395. The Morgan fingerprint density at radius 3 is 2.26 bits per heavy atom. The van der Waals surface area contributed by atoms with E-state index < -0.39 is 0 Å². The second-order valence-corrected chi connectivity index (χ2v) is 7.03. The SMILES string of the molecule is C=C(/C=C(OC)\C(OC)=C(/C)OC)c1csnc1-c1cc(COC)c(OC)cc1OC. The summed E-state index contributed by atoms with van der Waals surface area (Å²) >= 11 is 1.33. The van der Waals surface area contributed by atoms with Crippen LogP contribution in [0.1, 0.15) is 18.1 Å². The Morgan fingerprint density at radius 2 is 1.71 bits per heavy atom. The number of benzene rings is 1. The molecule has 0 aliphatic heterocycles. The number of methoxy groups -OCH3 is 6. The molecule has 2 rings (SSSR count). The summed E-state index contributed by atoms with van der Waals surface area (Å²) in [6, 6.07) is 3.79. The molecule has 0 radical (unpaired) electrons. The van der Waals surface area contributed by atoms with E-state index in [1.807, 2.05) is 17.5 Å². The quantitative estimate of drug-likeness (QED) is 0.353. The molecule has 0 aliphatic carbocycles. The van der Waals surface area contributed by atoms with Gasteiger partial charge in [0.05, 0.1) is 47.8 Å². The van der Waals surface area contributed by atoms with Crippen LogP contribution >= 0.6 is 11.5 Å². The fourth-order valence-electron chi connectivity index (χ4n) is 3.04. The van der Waals surface area contributed by atoms with E-state index in [0.29, 0.717) is 41.0 Å². The third kappa shape index (κ3) is 5.39. The lowest BCUT2D eigenvalue weighted by Gasteiger charge is -2.15. The van der Waals surface area contributed by atoms with Gasteiger partial charge in [0.15, 0.2) is 11.5 Å². The molecule has 1 heterocycles. The number of allylic oxidation sites excluding steroid dienone is 3. The lowest BCUT2D eigenvalue weighted by Crippen LogP contribution is -2.01. The zero-order chi connectivity index (χ0) is 23.0. The molecule has 0 bridgehead atoms. The predicted octanol–water partition coefficient (Wildman–Crippen LogP) is 5.04. The lowest BCUT2D eigenvalue weighted by atomic mass is 9.99. The first-order valence-corrected chi connectivity index (χ1v) is 10.2. The van der Waals surface area contributed by atoms with Crippen LogP contribution in [0.2, 0.25) is 0 Å². The van der Waals surface area contributed by atoms with Crippen LogP contribution in [0.3, 0.4) is 0 Å². The Bertz CT molecular complexity index is 976. The molecule has 7 nitrogen and oxygen atoms in total. The molecule has 0 amide bonds. The van der Waals surface area contributed by atoms with Crippen LogP contribution in [0, 0.1) is 0 Å². The molecule has 0 fully saturated rings. The van der Waals surface area contributed by atoms with Gasteiger partial charge in [-0.05, 0) is 36.2 Å². The highest BCUT2D eigenvalue weighted by Gasteiger charge is 2.20. The van der Waals surface area contributed by atoms with Crippen molar-refractivity contribution < 1.29 is 28.4 Å². The van der Waals surface area contributed by atoms with E-state index in [0.717, 1.165) is 22.4 Å². The first-order valence-electron chi connectivity index (χ1n) is 9.38. The molecule has 2 aromatic rings. The molecule has 0 spiro atoms. The highest BCUT2D eigenvalue weighted by molar-refractivity contribution is 7.04. The minimum atomic E-state index is 0.395. The first-order chi connectivity index (χ1) is 14.9.